The van der Waals surface area contributed by atoms with Crippen LogP contribution in [0.4, 0.5) is 4.39 Å². The highest BCUT2D eigenvalue weighted by Gasteiger charge is 2.65. The Morgan fingerprint density at radius 1 is 0.708 bits per heavy atom. The summed E-state index contributed by atoms with van der Waals surface area (Å²) in [5, 5.41) is 0. The van der Waals surface area contributed by atoms with Crippen molar-refractivity contribution in [2.24, 2.45) is 0 Å². The molecular formula is C16H19FO4S2Si. The minimum absolute atomic E-state index is 0.338. The molecule has 0 radical (unpaired) electrons. The molecule has 0 saturated heterocycles. The van der Waals surface area contributed by atoms with Gasteiger partial charge >= 0.3 is 0 Å². The molecule has 0 saturated carbocycles. The first-order chi connectivity index (χ1) is 11.0. The van der Waals surface area contributed by atoms with E-state index in [9.17, 15) is 16.8 Å². The molecule has 0 aliphatic carbocycles. The molecule has 0 atom stereocenters. The Morgan fingerprint density at radius 2 is 1.00 bits per heavy atom. The molecule has 0 amide bonds. The van der Waals surface area contributed by atoms with Crippen molar-refractivity contribution in [1.82, 2.24) is 0 Å². The molecule has 2 aromatic carbocycles. The number of benzene rings is 2. The van der Waals surface area contributed by atoms with E-state index in [1.165, 1.54) is 68.2 Å². The Labute approximate surface area is 143 Å². The van der Waals surface area contributed by atoms with E-state index in [0.717, 1.165) is 0 Å². The number of rotatable bonds is 5. The lowest BCUT2D eigenvalue weighted by Crippen LogP contribution is -2.59. The fourth-order valence-electron chi connectivity index (χ4n) is 2.45. The molecule has 0 N–H and O–H groups in total. The maximum absolute atomic E-state index is 16.1. The second kappa shape index (κ2) is 6.09. The summed E-state index contributed by atoms with van der Waals surface area (Å²) in [6.07, 6.45) is 0. The van der Waals surface area contributed by atoms with Crippen LogP contribution in [0.1, 0.15) is 0 Å². The van der Waals surface area contributed by atoms with Crippen molar-refractivity contribution in [2.75, 3.05) is 0 Å². The average Bonchev–Trinajstić information content (AvgIpc) is 2.54. The van der Waals surface area contributed by atoms with E-state index in [1.807, 2.05) is 0 Å². The minimum atomic E-state index is -4.76. The van der Waals surface area contributed by atoms with Crippen LogP contribution in [0.2, 0.25) is 19.6 Å². The predicted molar refractivity (Wildman–Crippen MR) is 94.4 cm³/mol. The van der Waals surface area contributed by atoms with Crippen LogP contribution in [0, 0.1) is 0 Å². The maximum atomic E-state index is 16.1. The molecule has 130 valence electrons. The van der Waals surface area contributed by atoms with E-state index in [2.05, 4.69) is 0 Å². The Bertz CT molecular complexity index is 850. The number of alkyl halides is 1. The quantitative estimate of drug-likeness (QED) is 0.738. The number of hydrogen-bond acceptors (Lipinski definition) is 4. The van der Waals surface area contributed by atoms with Crippen LogP contribution < -0.4 is 0 Å². The summed E-state index contributed by atoms with van der Waals surface area (Å²) in [6.45, 7) is 4.19. The molecule has 0 aliphatic rings. The van der Waals surface area contributed by atoms with Crippen LogP contribution in [0.3, 0.4) is 0 Å². The van der Waals surface area contributed by atoms with Gasteiger partial charge in [-0.2, -0.15) is 0 Å². The van der Waals surface area contributed by atoms with Crippen molar-refractivity contribution in [2.45, 2.75) is 33.4 Å². The molecule has 0 spiro atoms. The first-order valence-electron chi connectivity index (χ1n) is 7.24. The zero-order valence-corrected chi connectivity index (χ0v) is 16.2. The normalized spacial score (nSPS) is 13.7. The van der Waals surface area contributed by atoms with Gasteiger partial charge in [0.1, 0.15) is 8.07 Å². The smallest absolute Gasteiger partial charge is 0.220 e. The van der Waals surface area contributed by atoms with Gasteiger partial charge in [0.25, 0.3) is 3.96 Å². The molecule has 24 heavy (non-hydrogen) atoms. The third-order valence-electron chi connectivity index (χ3n) is 3.69. The molecule has 0 fully saturated rings. The molecule has 0 aliphatic heterocycles. The van der Waals surface area contributed by atoms with Gasteiger partial charge < -0.3 is 0 Å². The van der Waals surface area contributed by atoms with Crippen LogP contribution in [-0.2, 0) is 19.7 Å². The van der Waals surface area contributed by atoms with E-state index in [4.69, 9.17) is 0 Å². The zero-order chi connectivity index (χ0) is 18.2. The molecular weight excluding hydrogens is 367 g/mol. The van der Waals surface area contributed by atoms with Crippen LogP contribution in [0.25, 0.3) is 0 Å². The topological polar surface area (TPSA) is 68.3 Å². The molecule has 2 rings (SSSR count). The van der Waals surface area contributed by atoms with E-state index in [0.29, 0.717) is 0 Å². The van der Waals surface area contributed by atoms with E-state index >= 15 is 4.39 Å². The lowest BCUT2D eigenvalue weighted by atomic mass is 10.4. The summed E-state index contributed by atoms with van der Waals surface area (Å²) < 4.78 is 64.7. The third kappa shape index (κ3) is 2.72. The van der Waals surface area contributed by atoms with Gasteiger partial charge in [0.15, 0.2) is 0 Å². The number of halogens is 1. The SMILES string of the molecule is C[Si](C)(C)C(F)(S(=O)(=O)c1ccccc1)S(=O)(=O)c1ccccc1. The largest absolute Gasteiger partial charge is 0.298 e. The summed E-state index contributed by atoms with van der Waals surface area (Å²) in [6, 6.07) is 13.8. The maximum Gasteiger partial charge on any atom is 0.298 e. The van der Waals surface area contributed by atoms with E-state index in [-0.39, 0.29) is 9.79 Å². The first-order valence-corrected chi connectivity index (χ1v) is 13.7. The standard InChI is InChI=1S/C16H19FO4S2Si/c1-24(2,3)16(17,22(18,19)14-10-6-4-7-11-14)23(20,21)15-12-8-5-9-13-15/h4-13H,1-3H3. The van der Waals surface area contributed by atoms with Crippen molar-refractivity contribution in [3.8, 4) is 0 Å². The third-order valence-corrected chi connectivity index (χ3v) is 15.3. The molecule has 4 nitrogen and oxygen atoms in total. The highest BCUT2D eigenvalue weighted by molar-refractivity contribution is 8.12. The summed E-state index contributed by atoms with van der Waals surface area (Å²) >= 11 is 0. The number of hydrogen-bond donors (Lipinski definition) is 0. The first kappa shape index (κ1) is 18.8. The van der Waals surface area contributed by atoms with Gasteiger partial charge in [-0.1, -0.05) is 56.0 Å². The Balaban J connectivity index is 2.84. The highest BCUT2D eigenvalue weighted by atomic mass is 32.3. The van der Waals surface area contributed by atoms with Crippen LogP contribution in [-0.4, -0.2) is 28.9 Å². The molecule has 0 aromatic heterocycles. The van der Waals surface area contributed by atoms with Crippen LogP contribution in [0.15, 0.2) is 70.5 Å². The van der Waals surface area contributed by atoms with Gasteiger partial charge in [0.2, 0.25) is 19.7 Å². The van der Waals surface area contributed by atoms with Gasteiger partial charge in [-0.05, 0) is 24.3 Å². The Morgan fingerprint density at radius 3 is 1.25 bits per heavy atom. The van der Waals surface area contributed by atoms with Gasteiger partial charge in [-0.15, -0.1) is 0 Å². The predicted octanol–water partition coefficient (Wildman–Crippen LogP) is 3.43. The van der Waals surface area contributed by atoms with Crippen molar-refractivity contribution < 1.29 is 21.2 Å². The molecule has 2 aromatic rings. The average molecular weight is 387 g/mol. The van der Waals surface area contributed by atoms with E-state index < -0.39 is 31.7 Å². The van der Waals surface area contributed by atoms with Crippen LogP contribution >= 0.6 is 0 Å². The van der Waals surface area contributed by atoms with Crippen molar-refractivity contribution in [1.29, 1.82) is 0 Å². The molecule has 0 unspecified atom stereocenters. The highest BCUT2D eigenvalue weighted by Crippen LogP contribution is 2.43. The van der Waals surface area contributed by atoms with Gasteiger partial charge in [-0.3, -0.25) is 0 Å². The summed E-state index contributed by atoms with van der Waals surface area (Å²) in [7, 11) is -12.9. The fourth-order valence-corrected chi connectivity index (χ4v) is 13.0. The minimum Gasteiger partial charge on any atom is -0.220 e. The lowest BCUT2D eigenvalue weighted by molar-refractivity contribution is 0.431. The fraction of sp³-hybridized carbons (Fsp3) is 0.250. The van der Waals surface area contributed by atoms with Crippen molar-refractivity contribution >= 4 is 27.7 Å². The van der Waals surface area contributed by atoms with Crippen LogP contribution in [0.5, 0.6) is 0 Å². The second-order valence-electron chi connectivity index (χ2n) is 6.42. The van der Waals surface area contributed by atoms with Gasteiger partial charge in [-0.25, -0.2) is 21.2 Å². The monoisotopic (exact) mass is 386 g/mol. The van der Waals surface area contributed by atoms with Gasteiger partial charge in [0.05, 0.1) is 9.79 Å². The molecule has 0 heterocycles. The molecule has 8 heteroatoms. The zero-order valence-electron chi connectivity index (χ0n) is 13.6. The Hall–Kier alpha value is -1.51. The lowest BCUT2D eigenvalue weighted by Gasteiger charge is -2.35. The van der Waals surface area contributed by atoms with Crippen molar-refractivity contribution in [3.05, 3.63) is 60.7 Å². The van der Waals surface area contributed by atoms with Gasteiger partial charge in [0, 0.05) is 0 Å². The Kier molecular flexibility index (Phi) is 4.77. The van der Waals surface area contributed by atoms with Crippen molar-refractivity contribution in [3.63, 3.8) is 0 Å². The summed E-state index contributed by atoms with van der Waals surface area (Å²) in [4.78, 5) is -0.677. The summed E-state index contributed by atoms with van der Waals surface area (Å²) in [5.74, 6) is 0. The summed E-state index contributed by atoms with van der Waals surface area (Å²) in [5.41, 5.74) is 0. The number of sulfone groups is 2. The van der Waals surface area contributed by atoms with E-state index in [1.54, 1.807) is 12.1 Å². The second-order valence-corrected chi connectivity index (χ2v) is 16.7. The molecule has 0 bridgehead atoms.